The van der Waals surface area contributed by atoms with Crippen molar-refractivity contribution in [2.75, 3.05) is 26.3 Å². The maximum Gasteiger partial charge on any atom is 0.290 e. The maximum atomic E-state index is 12.4. The molecule has 2 aromatic rings. The molecule has 0 saturated carbocycles. The molecule has 0 bridgehead atoms. The van der Waals surface area contributed by atoms with Gasteiger partial charge in [0, 0.05) is 25.1 Å². The predicted octanol–water partition coefficient (Wildman–Crippen LogP) is 4.27. The summed E-state index contributed by atoms with van der Waals surface area (Å²) in [7, 11) is 0. The molecule has 1 N–H and O–H groups in total. The number of benzene rings is 1. The van der Waals surface area contributed by atoms with E-state index in [0.29, 0.717) is 22.6 Å². The highest BCUT2D eigenvalue weighted by Gasteiger charge is 2.26. The summed E-state index contributed by atoms with van der Waals surface area (Å²) in [4.78, 5) is 14.8. The Morgan fingerprint density at radius 1 is 1.17 bits per heavy atom. The van der Waals surface area contributed by atoms with Crippen molar-refractivity contribution in [1.29, 1.82) is 0 Å². The number of hydrogen-bond donors (Lipinski definition) is 1. The van der Waals surface area contributed by atoms with E-state index >= 15 is 0 Å². The van der Waals surface area contributed by atoms with E-state index in [1.165, 1.54) is 0 Å². The molecule has 1 atom stereocenters. The summed E-state index contributed by atoms with van der Waals surface area (Å²) in [6.45, 7) is 4.09. The number of likely N-dealkylation sites (tertiary alicyclic amines) is 1. The van der Waals surface area contributed by atoms with Gasteiger partial charge in [-0.2, -0.15) is 0 Å². The number of carbonyl (C=O) groups excluding carboxylic acids is 1. The lowest BCUT2D eigenvalue weighted by Crippen LogP contribution is -2.40. The summed E-state index contributed by atoms with van der Waals surface area (Å²) < 4.78 is 10.7. The first-order valence-electron chi connectivity index (χ1n) is 10.1. The van der Waals surface area contributed by atoms with Gasteiger partial charge in [0.05, 0.1) is 28.4 Å². The molecule has 0 radical (unpaired) electrons. The molecule has 0 unspecified atom stereocenters. The van der Waals surface area contributed by atoms with Crippen molar-refractivity contribution < 1.29 is 14.1 Å². The fourth-order valence-corrected chi connectivity index (χ4v) is 4.30. The van der Waals surface area contributed by atoms with Gasteiger partial charge in [0.25, 0.3) is 5.91 Å². The number of amides is 1. The SMILES string of the molecule is O=C(N[C@@H]1CCCOC1)c1cc(C2CCN(Cc3ccc(Cl)c(Cl)c3)CC2)no1. The molecule has 4 rings (SSSR count). The number of aromatic nitrogens is 1. The van der Waals surface area contributed by atoms with Gasteiger partial charge in [0.1, 0.15) is 0 Å². The van der Waals surface area contributed by atoms with Crippen LogP contribution in [0.25, 0.3) is 0 Å². The van der Waals surface area contributed by atoms with E-state index in [2.05, 4.69) is 15.4 Å². The van der Waals surface area contributed by atoms with Gasteiger partial charge in [0.15, 0.2) is 0 Å². The van der Waals surface area contributed by atoms with Crippen LogP contribution in [0.2, 0.25) is 10.0 Å². The standard InChI is InChI=1S/C21H25Cl2N3O3/c22-17-4-3-14(10-18(17)23)12-26-7-5-15(6-8-26)19-11-20(29-25-19)21(27)24-16-2-1-9-28-13-16/h3-4,10-11,15-16H,1-2,5-9,12-13H2,(H,24,27)/t16-/m1/s1. The number of nitrogens with zero attached hydrogens (tertiary/aromatic N) is 2. The van der Waals surface area contributed by atoms with Gasteiger partial charge in [0.2, 0.25) is 5.76 Å². The summed E-state index contributed by atoms with van der Waals surface area (Å²) in [6.07, 6.45) is 3.86. The fraction of sp³-hybridized carbons (Fsp3) is 0.524. The topological polar surface area (TPSA) is 67.6 Å². The maximum absolute atomic E-state index is 12.4. The Balaban J connectivity index is 1.28. The molecule has 29 heavy (non-hydrogen) atoms. The Kier molecular flexibility index (Phi) is 6.75. The fourth-order valence-electron chi connectivity index (χ4n) is 3.98. The van der Waals surface area contributed by atoms with Crippen molar-refractivity contribution in [2.24, 2.45) is 0 Å². The van der Waals surface area contributed by atoms with Crippen LogP contribution in [0.1, 0.15) is 53.4 Å². The van der Waals surface area contributed by atoms with Crippen LogP contribution in [-0.4, -0.2) is 48.3 Å². The van der Waals surface area contributed by atoms with Crippen molar-refractivity contribution in [3.63, 3.8) is 0 Å². The minimum Gasteiger partial charge on any atom is -0.379 e. The van der Waals surface area contributed by atoms with E-state index in [0.717, 1.165) is 63.2 Å². The average Bonchev–Trinajstić information content (AvgIpc) is 3.23. The van der Waals surface area contributed by atoms with Gasteiger partial charge in [-0.3, -0.25) is 9.69 Å². The third-order valence-corrected chi connectivity index (χ3v) is 6.38. The first-order chi connectivity index (χ1) is 14.1. The van der Waals surface area contributed by atoms with Crippen LogP contribution in [0.3, 0.4) is 0 Å². The third kappa shape index (κ3) is 5.31. The lowest BCUT2D eigenvalue weighted by atomic mass is 9.93. The van der Waals surface area contributed by atoms with Crippen LogP contribution in [0.5, 0.6) is 0 Å². The minimum atomic E-state index is -0.212. The summed E-state index contributed by atoms with van der Waals surface area (Å²) in [5.74, 6) is 0.378. The highest BCUT2D eigenvalue weighted by Crippen LogP contribution is 2.29. The van der Waals surface area contributed by atoms with Crippen LogP contribution in [0.15, 0.2) is 28.8 Å². The van der Waals surface area contributed by atoms with E-state index < -0.39 is 0 Å². The van der Waals surface area contributed by atoms with E-state index in [1.54, 1.807) is 6.07 Å². The molecular formula is C21H25Cl2N3O3. The smallest absolute Gasteiger partial charge is 0.290 e. The molecule has 3 heterocycles. The average molecular weight is 438 g/mol. The monoisotopic (exact) mass is 437 g/mol. The molecule has 1 aromatic heterocycles. The normalized spacial score (nSPS) is 21.2. The first-order valence-corrected chi connectivity index (χ1v) is 10.9. The second-order valence-corrected chi connectivity index (χ2v) is 8.62. The van der Waals surface area contributed by atoms with Gasteiger partial charge in [-0.25, -0.2) is 0 Å². The molecule has 2 saturated heterocycles. The molecule has 8 heteroatoms. The number of nitrogens with one attached hydrogen (secondary N) is 1. The molecule has 2 fully saturated rings. The second-order valence-electron chi connectivity index (χ2n) is 7.80. The number of carbonyl (C=O) groups is 1. The molecule has 2 aliphatic rings. The Bertz CT molecular complexity index is 843. The van der Waals surface area contributed by atoms with E-state index in [4.69, 9.17) is 32.5 Å². The summed E-state index contributed by atoms with van der Waals surface area (Å²) in [6, 6.07) is 7.62. The van der Waals surface area contributed by atoms with Crippen LogP contribution >= 0.6 is 23.2 Å². The number of rotatable bonds is 5. The Hall–Kier alpha value is -1.60. The molecular weight excluding hydrogens is 413 g/mol. The van der Waals surface area contributed by atoms with Crippen molar-refractivity contribution >= 4 is 29.1 Å². The highest BCUT2D eigenvalue weighted by atomic mass is 35.5. The van der Waals surface area contributed by atoms with E-state index in [9.17, 15) is 4.79 Å². The predicted molar refractivity (Wildman–Crippen MR) is 112 cm³/mol. The van der Waals surface area contributed by atoms with Crippen LogP contribution in [0.4, 0.5) is 0 Å². The molecule has 0 aliphatic carbocycles. The molecule has 6 nitrogen and oxygen atoms in total. The summed E-state index contributed by atoms with van der Waals surface area (Å²) in [5, 5.41) is 8.30. The number of ether oxygens (including phenoxy) is 1. The molecule has 1 amide bonds. The minimum absolute atomic E-state index is 0.0504. The molecule has 0 spiro atoms. The molecule has 1 aromatic carbocycles. The highest BCUT2D eigenvalue weighted by molar-refractivity contribution is 6.42. The van der Waals surface area contributed by atoms with Crippen molar-refractivity contribution in [3.8, 4) is 0 Å². The first kappa shape index (κ1) is 20.7. The Morgan fingerprint density at radius 3 is 2.72 bits per heavy atom. The van der Waals surface area contributed by atoms with Crippen molar-refractivity contribution in [3.05, 3.63) is 51.3 Å². The van der Waals surface area contributed by atoms with Crippen molar-refractivity contribution in [2.45, 2.75) is 44.2 Å². The molecule has 2 aliphatic heterocycles. The lowest BCUT2D eigenvalue weighted by Gasteiger charge is -2.31. The summed E-state index contributed by atoms with van der Waals surface area (Å²) >= 11 is 12.1. The van der Waals surface area contributed by atoms with E-state index in [1.807, 2.05) is 18.2 Å². The zero-order valence-corrected chi connectivity index (χ0v) is 17.7. The molecule has 156 valence electrons. The van der Waals surface area contributed by atoms with Gasteiger partial charge in [-0.1, -0.05) is 34.4 Å². The van der Waals surface area contributed by atoms with Gasteiger partial charge in [-0.05, 0) is 56.5 Å². The Morgan fingerprint density at radius 2 is 2.00 bits per heavy atom. The lowest BCUT2D eigenvalue weighted by molar-refractivity contribution is 0.0608. The summed E-state index contributed by atoms with van der Waals surface area (Å²) in [5.41, 5.74) is 2.02. The van der Waals surface area contributed by atoms with Gasteiger partial charge >= 0.3 is 0 Å². The largest absolute Gasteiger partial charge is 0.379 e. The third-order valence-electron chi connectivity index (χ3n) is 5.64. The van der Waals surface area contributed by atoms with Crippen LogP contribution in [0, 0.1) is 0 Å². The number of halogens is 2. The number of piperidine rings is 1. The van der Waals surface area contributed by atoms with Crippen LogP contribution < -0.4 is 5.32 Å². The van der Waals surface area contributed by atoms with Gasteiger partial charge < -0.3 is 14.6 Å². The second kappa shape index (κ2) is 9.47. The van der Waals surface area contributed by atoms with E-state index in [-0.39, 0.29) is 17.7 Å². The number of hydrogen-bond acceptors (Lipinski definition) is 5. The van der Waals surface area contributed by atoms with Gasteiger partial charge in [-0.15, -0.1) is 0 Å². The quantitative estimate of drug-likeness (QED) is 0.755. The Labute approximate surface area is 180 Å². The zero-order valence-electron chi connectivity index (χ0n) is 16.2. The van der Waals surface area contributed by atoms with Crippen molar-refractivity contribution in [1.82, 2.24) is 15.4 Å². The zero-order chi connectivity index (χ0) is 20.2. The van der Waals surface area contributed by atoms with Crippen LogP contribution in [-0.2, 0) is 11.3 Å².